The van der Waals surface area contributed by atoms with Gasteiger partial charge < -0.3 is 15.0 Å². The fourth-order valence-electron chi connectivity index (χ4n) is 4.02. The summed E-state index contributed by atoms with van der Waals surface area (Å²) in [7, 11) is 1.49. The summed E-state index contributed by atoms with van der Waals surface area (Å²) in [5.41, 5.74) is 2.21. The van der Waals surface area contributed by atoms with Crippen molar-refractivity contribution in [2.45, 2.75) is 32.7 Å². The van der Waals surface area contributed by atoms with Crippen LogP contribution in [0, 0.1) is 11.2 Å². The number of hydrogen-bond donors (Lipinski definition) is 1. The first-order chi connectivity index (χ1) is 14.3. The van der Waals surface area contributed by atoms with E-state index in [4.69, 9.17) is 4.74 Å². The number of amides is 2. The second kappa shape index (κ2) is 9.39. The average molecular weight is 413 g/mol. The maximum atomic E-state index is 13.3. The molecule has 0 saturated carbocycles. The van der Waals surface area contributed by atoms with Crippen LogP contribution < -0.4 is 5.32 Å². The lowest BCUT2D eigenvalue weighted by atomic mass is 9.79. The molecule has 30 heavy (non-hydrogen) atoms. The summed E-state index contributed by atoms with van der Waals surface area (Å²) in [4.78, 5) is 27.2. The zero-order chi connectivity index (χ0) is 21.7. The zero-order valence-corrected chi connectivity index (χ0v) is 17.8. The molecule has 1 fully saturated rings. The van der Waals surface area contributed by atoms with Crippen molar-refractivity contribution in [2.75, 3.05) is 26.8 Å². The molecule has 0 aliphatic carbocycles. The predicted molar refractivity (Wildman–Crippen MR) is 114 cm³/mol. The van der Waals surface area contributed by atoms with Gasteiger partial charge in [0.15, 0.2) is 0 Å². The van der Waals surface area contributed by atoms with Crippen LogP contribution in [0.25, 0.3) is 11.1 Å². The number of ether oxygens (including phenoxy) is 1. The minimum absolute atomic E-state index is 0.0158. The first-order valence-electron chi connectivity index (χ1n) is 10.3. The van der Waals surface area contributed by atoms with Crippen molar-refractivity contribution >= 4 is 11.8 Å². The van der Waals surface area contributed by atoms with E-state index in [-0.39, 0.29) is 30.3 Å². The molecule has 5 nitrogen and oxygen atoms in total. The van der Waals surface area contributed by atoms with Gasteiger partial charge in [-0.15, -0.1) is 0 Å². The molecule has 0 aromatic heterocycles. The van der Waals surface area contributed by atoms with E-state index in [0.29, 0.717) is 25.9 Å². The second-order valence-corrected chi connectivity index (χ2v) is 8.29. The maximum Gasteiger partial charge on any atom is 0.248 e. The van der Waals surface area contributed by atoms with Gasteiger partial charge in [-0.25, -0.2) is 4.39 Å². The Morgan fingerprint density at radius 1 is 1.17 bits per heavy atom. The summed E-state index contributed by atoms with van der Waals surface area (Å²) in [6, 6.07) is 14.3. The summed E-state index contributed by atoms with van der Waals surface area (Å²) in [6.07, 6.45) is 1.12. The van der Waals surface area contributed by atoms with Gasteiger partial charge >= 0.3 is 0 Å². The molecule has 1 atom stereocenters. The number of rotatable bonds is 7. The van der Waals surface area contributed by atoms with Crippen molar-refractivity contribution in [3.05, 3.63) is 59.9 Å². The van der Waals surface area contributed by atoms with Crippen molar-refractivity contribution in [1.82, 2.24) is 10.2 Å². The zero-order valence-electron chi connectivity index (χ0n) is 17.8. The average Bonchev–Trinajstić information content (AvgIpc) is 3.14. The lowest BCUT2D eigenvalue weighted by Gasteiger charge is -2.29. The highest BCUT2D eigenvalue weighted by atomic mass is 19.1. The Morgan fingerprint density at radius 2 is 1.90 bits per heavy atom. The standard InChI is InChI=1S/C24H29FN2O3/c1-17(2)26-23(29)24(11-12-27(16-24)22(28)15-30-3)14-18-5-4-6-20(13-18)19-7-9-21(25)10-8-19/h4-10,13,17H,11-12,14-16H2,1-3H3,(H,26,29). The fourth-order valence-corrected chi connectivity index (χ4v) is 4.02. The smallest absolute Gasteiger partial charge is 0.248 e. The van der Waals surface area contributed by atoms with Gasteiger partial charge in [0.25, 0.3) is 0 Å². The lowest BCUT2D eigenvalue weighted by Crippen LogP contribution is -2.47. The van der Waals surface area contributed by atoms with E-state index in [0.717, 1.165) is 16.7 Å². The number of likely N-dealkylation sites (tertiary alicyclic amines) is 1. The van der Waals surface area contributed by atoms with Crippen LogP contribution >= 0.6 is 0 Å². The van der Waals surface area contributed by atoms with E-state index in [1.165, 1.54) is 19.2 Å². The Labute approximate surface area is 177 Å². The molecule has 1 saturated heterocycles. The molecule has 1 aliphatic rings. The molecule has 3 rings (SSSR count). The number of nitrogens with zero attached hydrogens (tertiary/aromatic N) is 1. The molecule has 160 valence electrons. The Bertz CT molecular complexity index is 898. The van der Waals surface area contributed by atoms with Crippen LogP contribution in [-0.2, 0) is 20.7 Å². The number of nitrogens with one attached hydrogen (secondary N) is 1. The van der Waals surface area contributed by atoms with Gasteiger partial charge in [-0.3, -0.25) is 9.59 Å². The Balaban J connectivity index is 1.87. The molecule has 2 aromatic carbocycles. The van der Waals surface area contributed by atoms with Gasteiger partial charge in [0, 0.05) is 26.2 Å². The first-order valence-corrected chi connectivity index (χ1v) is 10.3. The molecular formula is C24H29FN2O3. The second-order valence-electron chi connectivity index (χ2n) is 8.29. The highest BCUT2D eigenvalue weighted by molar-refractivity contribution is 5.86. The largest absolute Gasteiger partial charge is 0.375 e. The number of benzene rings is 2. The summed E-state index contributed by atoms with van der Waals surface area (Å²) < 4.78 is 18.2. The van der Waals surface area contributed by atoms with Crippen molar-refractivity contribution in [3.8, 4) is 11.1 Å². The van der Waals surface area contributed by atoms with Gasteiger partial charge in [0.1, 0.15) is 12.4 Å². The molecule has 6 heteroatoms. The van der Waals surface area contributed by atoms with Gasteiger partial charge in [-0.1, -0.05) is 36.4 Å². The minimum atomic E-state index is -0.685. The lowest BCUT2D eigenvalue weighted by molar-refractivity contribution is -0.136. The molecular weight excluding hydrogens is 383 g/mol. The molecule has 0 radical (unpaired) electrons. The number of carbonyl (C=O) groups is 2. The fraction of sp³-hybridized carbons (Fsp3) is 0.417. The minimum Gasteiger partial charge on any atom is -0.375 e. The Hall–Kier alpha value is -2.73. The van der Waals surface area contributed by atoms with Crippen molar-refractivity contribution in [1.29, 1.82) is 0 Å². The van der Waals surface area contributed by atoms with E-state index in [1.54, 1.807) is 17.0 Å². The first kappa shape index (κ1) is 22.0. The monoisotopic (exact) mass is 412 g/mol. The topological polar surface area (TPSA) is 58.6 Å². The third-order valence-corrected chi connectivity index (χ3v) is 5.52. The summed E-state index contributed by atoms with van der Waals surface area (Å²) in [6.45, 7) is 4.79. The Morgan fingerprint density at radius 3 is 2.57 bits per heavy atom. The molecule has 2 amide bonds. The normalized spacial score (nSPS) is 18.6. The van der Waals surface area contributed by atoms with Crippen molar-refractivity contribution in [3.63, 3.8) is 0 Å². The third kappa shape index (κ3) is 5.05. The number of halogens is 1. The van der Waals surface area contributed by atoms with Gasteiger partial charge in [0.2, 0.25) is 11.8 Å². The summed E-state index contributed by atoms with van der Waals surface area (Å²) >= 11 is 0. The highest BCUT2D eigenvalue weighted by Gasteiger charge is 2.46. The quantitative estimate of drug-likeness (QED) is 0.758. The third-order valence-electron chi connectivity index (χ3n) is 5.52. The van der Waals surface area contributed by atoms with Gasteiger partial charge in [-0.2, -0.15) is 0 Å². The number of carbonyl (C=O) groups excluding carboxylic acids is 2. The maximum absolute atomic E-state index is 13.3. The van der Waals surface area contributed by atoms with Crippen LogP contribution in [0.4, 0.5) is 4.39 Å². The van der Waals surface area contributed by atoms with E-state index < -0.39 is 5.41 Å². The van der Waals surface area contributed by atoms with Crippen LogP contribution in [0.2, 0.25) is 0 Å². The van der Waals surface area contributed by atoms with Crippen LogP contribution in [0.1, 0.15) is 25.8 Å². The van der Waals surface area contributed by atoms with Crippen LogP contribution in [-0.4, -0.2) is 49.6 Å². The Kier molecular flexibility index (Phi) is 6.87. The van der Waals surface area contributed by atoms with Gasteiger partial charge in [0.05, 0.1) is 5.41 Å². The SMILES string of the molecule is COCC(=O)N1CCC(Cc2cccc(-c3ccc(F)cc3)c2)(C(=O)NC(C)C)C1. The number of hydrogen-bond acceptors (Lipinski definition) is 3. The van der Waals surface area contributed by atoms with E-state index >= 15 is 0 Å². The van der Waals surface area contributed by atoms with Gasteiger partial charge in [-0.05, 0) is 55.5 Å². The number of methoxy groups -OCH3 is 1. The van der Waals surface area contributed by atoms with E-state index in [9.17, 15) is 14.0 Å². The van der Waals surface area contributed by atoms with Crippen molar-refractivity contribution < 1.29 is 18.7 Å². The molecule has 1 heterocycles. The molecule has 2 aromatic rings. The molecule has 0 spiro atoms. The molecule has 0 bridgehead atoms. The van der Waals surface area contributed by atoms with Crippen LogP contribution in [0.5, 0.6) is 0 Å². The summed E-state index contributed by atoms with van der Waals surface area (Å²) in [5.74, 6) is -0.403. The van der Waals surface area contributed by atoms with E-state index in [1.807, 2.05) is 38.1 Å². The molecule has 1 N–H and O–H groups in total. The van der Waals surface area contributed by atoms with Crippen LogP contribution in [0.15, 0.2) is 48.5 Å². The van der Waals surface area contributed by atoms with Crippen LogP contribution in [0.3, 0.4) is 0 Å². The highest BCUT2D eigenvalue weighted by Crippen LogP contribution is 2.36. The summed E-state index contributed by atoms with van der Waals surface area (Å²) in [5, 5.41) is 3.04. The molecule has 1 aliphatic heterocycles. The molecule has 1 unspecified atom stereocenters. The van der Waals surface area contributed by atoms with Crippen molar-refractivity contribution in [2.24, 2.45) is 5.41 Å². The van der Waals surface area contributed by atoms with E-state index in [2.05, 4.69) is 5.32 Å². The predicted octanol–water partition coefficient (Wildman–Crippen LogP) is 3.42.